The van der Waals surface area contributed by atoms with Crippen molar-refractivity contribution in [3.63, 3.8) is 0 Å². The summed E-state index contributed by atoms with van der Waals surface area (Å²) in [5.41, 5.74) is 3.41. The SMILES string of the molecule is CCCCCOc1ccccc1-c1ncncc1CCC1CCC(CCC)CC1. The molecule has 0 unspecified atom stereocenters. The van der Waals surface area contributed by atoms with Gasteiger partial charge in [-0.05, 0) is 48.8 Å². The highest BCUT2D eigenvalue weighted by molar-refractivity contribution is 5.69. The lowest BCUT2D eigenvalue weighted by Crippen LogP contribution is -2.15. The molecule has 29 heavy (non-hydrogen) atoms. The first-order valence-electron chi connectivity index (χ1n) is 11.8. The summed E-state index contributed by atoms with van der Waals surface area (Å²) in [6.45, 7) is 5.30. The monoisotopic (exact) mass is 394 g/mol. The zero-order valence-electron chi connectivity index (χ0n) is 18.4. The summed E-state index contributed by atoms with van der Waals surface area (Å²) in [6.07, 6.45) is 17.9. The van der Waals surface area contributed by atoms with E-state index >= 15 is 0 Å². The van der Waals surface area contributed by atoms with E-state index in [1.165, 1.54) is 63.4 Å². The molecule has 3 nitrogen and oxygen atoms in total. The van der Waals surface area contributed by atoms with Crippen LogP contribution in [0.2, 0.25) is 0 Å². The number of aryl methyl sites for hydroxylation is 1. The molecule has 0 aliphatic heterocycles. The summed E-state index contributed by atoms with van der Waals surface area (Å²) >= 11 is 0. The molecule has 2 aromatic rings. The molecule has 0 amide bonds. The molecule has 1 fully saturated rings. The van der Waals surface area contributed by atoms with Crippen molar-refractivity contribution in [1.82, 2.24) is 9.97 Å². The Labute approximate surface area is 177 Å². The molecule has 0 bridgehead atoms. The van der Waals surface area contributed by atoms with Gasteiger partial charge in [0.2, 0.25) is 0 Å². The lowest BCUT2D eigenvalue weighted by molar-refractivity contribution is 0.252. The first-order valence-corrected chi connectivity index (χ1v) is 11.8. The smallest absolute Gasteiger partial charge is 0.128 e. The fraction of sp³-hybridized carbons (Fsp3) is 0.615. The van der Waals surface area contributed by atoms with E-state index in [0.29, 0.717) is 0 Å². The van der Waals surface area contributed by atoms with Crippen molar-refractivity contribution < 1.29 is 4.74 Å². The van der Waals surface area contributed by atoms with Gasteiger partial charge in [-0.1, -0.05) is 77.3 Å². The van der Waals surface area contributed by atoms with Crippen molar-refractivity contribution in [2.24, 2.45) is 11.8 Å². The van der Waals surface area contributed by atoms with Crippen molar-refractivity contribution in [3.05, 3.63) is 42.4 Å². The molecule has 0 radical (unpaired) electrons. The first kappa shape index (κ1) is 21.8. The van der Waals surface area contributed by atoms with Crippen LogP contribution in [-0.4, -0.2) is 16.6 Å². The average Bonchev–Trinajstić information content (AvgIpc) is 2.77. The minimum absolute atomic E-state index is 0.770. The molecule has 0 N–H and O–H groups in total. The topological polar surface area (TPSA) is 35.0 Å². The van der Waals surface area contributed by atoms with Gasteiger partial charge in [-0.3, -0.25) is 0 Å². The quantitative estimate of drug-likeness (QED) is 0.376. The van der Waals surface area contributed by atoms with Gasteiger partial charge in [0.05, 0.1) is 12.3 Å². The summed E-state index contributed by atoms with van der Waals surface area (Å²) in [5, 5.41) is 0. The number of hydrogen-bond donors (Lipinski definition) is 0. The van der Waals surface area contributed by atoms with E-state index in [0.717, 1.165) is 48.3 Å². The fourth-order valence-corrected chi connectivity index (χ4v) is 4.68. The predicted molar refractivity (Wildman–Crippen MR) is 121 cm³/mol. The van der Waals surface area contributed by atoms with Crippen LogP contribution in [-0.2, 0) is 6.42 Å². The van der Waals surface area contributed by atoms with Gasteiger partial charge < -0.3 is 4.74 Å². The van der Waals surface area contributed by atoms with Gasteiger partial charge in [0.1, 0.15) is 12.1 Å². The maximum atomic E-state index is 6.12. The van der Waals surface area contributed by atoms with E-state index in [-0.39, 0.29) is 0 Å². The maximum absolute atomic E-state index is 6.12. The van der Waals surface area contributed by atoms with Gasteiger partial charge in [0.15, 0.2) is 0 Å². The zero-order valence-corrected chi connectivity index (χ0v) is 18.4. The van der Waals surface area contributed by atoms with Crippen LogP contribution < -0.4 is 4.74 Å². The number of unbranched alkanes of at least 4 members (excludes halogenated alkanes) is 2. The zero-order chi connectivity index (χ0) is 20.3. The number of aromatic nitrogens is 2. The molecule has 1 saturated carbocycles. The normalized spacial score (nSPS) is 19.2. The minimum atomic E-state index is 0.770. The Morgan fingerprint density at radius 1 is 0.931 bits per heavy atom. The second-order valence-corrected chi connectivity index (χ2v) is 8.66. The summed E-state index contributed by atoms with van der Waals surface area (Å²) in [6, 6.07) is 8.34. The van der Waals surface area contributed by atoms with Crippen molar-refractivity contribution in [3.8, 4) is 17.0 Å². The highest BCUT2D eigenvalue weighted by Crippen LogP contribution is 2.35. The van der Waals surface area contributed by atoms with Gasteiger partial charge >= 0.3 is 0 Å². The summed E-state index contributed by atoms with van der Waals surface area (Å²) in [4.78, 5) is 9.00. The minimum Gasteiger partial charge on any atom is -0.493 e. The van der Waals surface area contributed by atoms with Crippen molar-refractivity contribution in [2.75, 3.05) is 6.61 Å². The number of hydrogen-bond acceptors (Lipinski definition) is 3. The van der Waals surface area contributed by atoms with Crippen LogP contribution >= 0.6 is 0 Å². The summed E-state index contributed by atoms with van der Waals surface area (Å²) in [5.74, 6) is 2.78. The van der Waals surface area contributed by atoms with E-state index in [2.05, 4.69) is 42.0 Å². The molecule has 3 rings (SSSR count). The average molecular weight is 395 g/mol. The van der Waals surface area contributed by atoms with E-state index in [1.807, 2.05) is 12.3 Å². The molecular formula is C26H38N2O. The highest BCUT2D eigenvalue weighted by Gasteiger charge is 2.21. The number of nitrogens with zero attached hydrogens (tertiary/aromatic N) is 2. The number of benzene rings is 1. The van der Waals surface area contributed by atoms with Crippen LogP contribution in [0.4, 0.5) is 0 Å². The van der Waals surface area contributed by atoms with Gasteiger partial charge in [-0.15, -0.1) is 0 Å². The van der Waals surface area contributed by atoms with Crippen molar-refractivity contribution in [2.45, 2.75) is 84.5 Å². The van der Waals surface area contributed by atoms with Crippen molar-refractivity contribution >= 4 is 0 Å². The third-order valence-electron chi connectivity index (χ3n) is 6.42. The lowest BCUT2D eigenvalue weighted by Gasteiger charge is -2.28. The van der Waals surface area contributed by atoms with Gasteiger partial charge in [0.25, 0.3) is 0 Å². The van der Waals surface area contributed by atoms with Gasteiger partial charge in [0, 0.05) is 11.8 Å². The van der Waals surface area contributed by atoms with E-state index in [4.69, 9.17) is 4.74 Å². The van der Waals surface area contributed by atoms with E-state index in [9.17, 15) is 0 Å². The molecule has 1 aliphatic carbocycles. The Morgan fingerprint density at radius 3 is 2.45 bits per heavy atom. The molecule has 1 aliphatic rings. The standard InChI is InChI=1S/C26H38N2O/c1-3-5-8-18-29-25-11-7-6-10-24(25)26-23(19-27-20-28-26)17-16-22-14-12-21(9-4-2)13-15-22/h6-7,10-11,19-22H,3-5,8-9,12-18H2,1-2H3. The van der Waals surface area contributed by atoms with E-state index in [1.54, 1.807) is 6.33 Å². The molecule has 1 aromatic carbocycles. The summed E-state index contributed by atoms with van der Waals surface area (Å²) in [7, 11) is 0. The Balaban J connectivity index is 1.64. The predicted octanol–water partition coefficient (Wildman–Crippen LogP) is 7.25. The van der Waals surface area contributed by atoms with Crippen LogP contribution in [0.1, 0.15) is 83.6 Å². The molecular weight excluding hydrogens is 356 g/mol. The molecule has 1 aromatic heterocycles. The molecule has 3 heteroatoms. The molecule has 0 saturated heterocycles. The van der Waals surface area contributed by atoms with Gasteiger partial charge in [-0.25, -0.2) is 9.97 Å². The van der Waals surface area contributed by atoms with Crippen LogP contribution in [0.5, 0.6) is 5.75 Å². The Bertz CT molecular complexity index is 722. The molecule has 1 heterocycles. The van der Waals surface area contributed by atoms with Gasteiger partial charge in [-0.2, -0.15) is 0 Å². The van der Waals surface area contributed by atoms with Crippen molar-refractivity contribution in [1.29, 1.82) is 0 Å². The van der Waals surface area contributed by atoms with Crippen LogP contribution in [0, 0.1) is 11.8 Å². The second-order valence-electron chi connectivity index (χ2n) is 8.66. The number of rotatable bonds is 11. The maximum Gasteiger partial charge on any atom is 0.128 e. The number of para-hydroxylation sites is 1. The largest absolute Gasteiger partial charge is 0.493 e. The Hall–Kier alpha value is -1.90. The Kier molecular flexibility index (Phi) is 8.98. The molecule has 0 atom stereocenters. The van der Waals surface area contributed by atoms with Crippen LogP contribution in [0.15, 0.2) is 36.8 Å². The fourth-order valence-electron chi connectivity index (χ4n) is 4.68. The third-order valence-corrected chi connectivity index (χ3v) is 6.42. The number of ether oxygens (including phenoxy) is 1. The first-order chi connectivity index (χ1) is 14.3. The van der Waals surface area contributed by atoms with Crippen LogP contribution in [0.3, 0.4) is 0 Å². The summed E-state index contributed by atoms with van der Waals surface area (Å²) < 4.78 is 6.12. The highest BCUT2D eigenvalue weighted by atomic mass is 16.5. The molecule has 0 spiro atoms. The van der Waals surface area contributed by atoms with Crippen LogP contribution in [0.25, 0.3) is 11.3 Å². The molecule has 158 valence electrons. The second kappa shape index (κ2) is 11.9. The van der Waals surface area contributed by atoms with E-state index < -0.39 is 0 Å². The Morgan fingerprint density at radius 2 is 1.69 bits per heavy atom. The third kappa shape index (κ3) is 6.55. The lowest BCUT2D eigenvalue weighted by atomic mass is 9.78.